The average Bonchev–Trinajstić information content (AvgIpc) is 3.78. The van der Waals surface area contributed by atoms with Crippen LogP contribution in [0.15, 0.2) is 54.9 Å². The first-order valence-electron chi connectivity index (χ1n) is 12.5. The fourth-order valence-corrected chi connectivity index (χ4v) is 3.97. The van der Waals surface area contributed by atoms with Crippen molar-refractivity contribution in [2.75, 3.05) is 38.1 Å². The lowest BCUT2D eigenvalue weighted by Gasteiger charge is -2.16. The topological polar surface area (TPSA) is 134 Å². The molecule has 0 aliphatic heterocycles. The second-order valence-electron chi connectivity index (χ2n) is 9.13. The van der Waals surface area contributed by atoms with E-state index in [1.165, 1.54) is 49.8 Å². The smallest absolute Gasteiger partial charge is 0.257 e. The molecule has 0 radical (unpaired) electrons. The number of benzene rings is 2. The molecular weight excluding hydrogens is 540 g/mol. The Morgan fingerprint density at radius 2 is 1.59 bits per heavy atom. The third kappa shape index (κ3) is 5.99. The van der Waals surface area contributed by atoms with E-state index in [0.29, 0.717) is 36.4 Å². The van der Waals surface area contributed by atoms with Gasteiger partial charge in [-0.1, -0.05) is 0 Å². The number of nitrogens with zero attached hydrogens (tertiary/aromatic N) is 3. The number of nitrogens with one attached hydrogen (secondary N) is 2. The van der Waals surface area contributed by atoms with E-state index >= 15 is 4.39 Å². The van der Waals surface area contributed by atoms with Gasteiger partial charge in [0.1, 0.15) is 29.7 Å². The summed E-state index contributed by atoms with van der Waals surface area (Å²) in [7, 11) is 2.97. The molecule has 2 aromatic heterocycles. The maximum Gasteiger partial charge on any atom is 0.257 e. The summed E-state index contributed by atoms with van der Waals surface area (Å²) in [6.07, 6.45) is 1.89. The SMILES string of the molecule is COCCOc1cc2ncnc(Oc3ccc(NC(=O)C4(C(=O)Nc5ccc(F)cc5)CC4)cc3F)c2nc1OC. The monoisotopic (exact) mass is 565 g/mol. The van der Waals surface area contributed by atoms with E-state index in [-0.39, 0.29) is 35.3 Å². The predicted octanol–water partition coefficient (Wildman–Crippen LogP) is 4.49. The minimum atomic E-state index is -1.29. The zero-order valence-electron chi connectivity index (χ0n) is 22.1. The molecule has 1 fully saturated rings. The molecule has 0 bridgehead atoms. The number of pyridine rings is 1. The minimum absolute atomic E-state index is 0.0261. The molecule has 5 rings (SSSR count). The molecule has 2 heterocycles. The molecule has 41 heavy (non-hydrogen) atoms. The molecular formula is C28H25F2N5O6. The van der Waals surface area contributed by atoms with Crippen molar-refractivity contribution in [2.45, 2.75) is 12.8 Å². The van der Waals surface area contributed by atoms with Crippen LogP contribution < -0.4 is 24.8 Å². The van der Waals surface area contributed by atoms with Crippen molar-refractivity contribution in [3.8, 4) is 23.3 Å². The first-order valence-corrected chi connectivity index (χ1v) is 12.5. The van der Waals surface area contributed by atoms with Crippen LogP contribution in [0.3, 0.4) is 0 Å². The number of rotatable bonds is 11. The highest BCUT2D eigenvalue weighted by atomic mass is 19.1. The number of hydrogen-bond acceptors (Lipinski definition) is 9. The highest BCUT2D eigenvalue weighted by Gasteiger charge is 2.56. The molecule has 2 amide bonds. The van der Waals surface area contributed by atoms with Crippen LogP contribution in [-0.4, -0.2) is 54.2 Å². The van der Waals surface area contributed by atoms with Crippen LogP contribution in [0, 0.1) is 17.0 Å². The number of halogens is 2. The van der Waals surface area contributed by atoms with E-state index in [4.69, 9.17) is 18.9 Å². The number of methoxy groups -OCH3 is 2. The predicted molar refractivity (Wildman–Crippen MR) is 143 cm³/mol. The van der Waals surface area contributed by atoms with Gasteiger partial charge in [0.25, 0.3) is 5.88 Å². The van der Waals surface area contributed by atoms with Gasteiger partial charge in [-0.3, -0.25) is 9.59 Å². The van der Waals surface area contributed by atoms with Gasteiger partial charge < -0.3 is 29.6 Å². The Morgan fingerprint density at radius 1 is 0.878 bits per heavy atom. The summed E-state index contributed by atoms with van der Waals surface area (Å²) in [5, 5.41) is 5.22. The maximum absolute atomic E-state index is 15.1. The Morgan fingerprint density at radius 3 is 2.24 bits per heavy atom. The van der Waals surface area contributed by atoms with Crippen LogP contribution in [0.1, 0.15) is 12.8 Å². The van der Waals surface area contributed by atoms with Gasteiger partial charge >= 0.3 is 0 Å². The molecule has 13 heteroatoms. The van der Waals surface area contributed by atoms with Gasteiger partial charge in [0.15, 0.2) is 22.8 Å². The molecule has 212 valence electrons. The molecule has 2 aromatic carbocycles. The lowest BCUT2D eigenvalue weighted by atomic mass is 10.0. The first kappa shape index (κ1) is 27.6. The zero-order chi connectivity index (χ0) is 29.0. The number of hydrogen-bond donors (Lipinski definition) is 2. The van der Waals surface area contributed by atoms with Gasteiger partial charge in [-0.2, -0.15) is 4.98 Å². The molecule has 0 atom stereocenters. The van der Waals surface area contributed by atoms with Crippen LogP contribution in [0.2, 0.25) is 0 Å². The summed E-state index contributed by atoms with van der Waals surface area (Å²) >= 11 is 0. The van der Waals surface area contributed by atoms with Gasteiger partial charge in [-0.25, -0.2) is 18.7 Å². The number of fused-ring (bicyclic) bond motifs is 1. The van der Waals surface area contributed by atoms with E-state index in [2.05, 4.69) is 25.6 Å². The number of ether oxygens (including phenoxy) is 4. The molecule has 0 spiro atoms. The molecule has 4 aromatic rings. The first-order chi connectivity index (χ1) is 19.8. The van der Waals surface area contributed by atoms with Crippen LogP contribution in [0.4, 0.5) is 20.2 Å². The van der Waals surface area contributed by atoms with Gasteiger partial charge in [0.2, 0.25) is 17.7 Å². The van der Waals surface area contributed by atoms with Gasteiger partial charge in [-0.15, -0.1) is 0 Å². The lowest BCUT2D eigenvalue weighted by molar-refractivity contribution is -0.131. The van der Waals surface area contributed by atoms with Crippen molar-refractivity contribution in [3.05, 3.63) is 66.5 Å². The van der Waals surface area contributed by atoms with Crippen LogP contribution >= 0.6 is 0 Å². The van der Waals surface area contributed by atoms with Gasteiger partial charge in [-0.05, 0) is 49.2 Å². The fourth-order valence-electron chi connectivity index (χ4n) is 3.97. The number of anilines is 2. The average molecular weight is 566 g/mol. The minimum Gasteiger partial charge on any atom is -0.485 e. The Bertz CT molecular complexity index is 1600. The lowest BCUT2D eigenvalue weighted by Crippen LogP contribution is -2.35. The van der Waals surface area contributed by atoms with Crippen LogP contribution in [-0.2, 0) is 14.3 Å². The molecule has 1 aliphatic rings. The van der Waals surface area contributed by atoms with E-state index in [9.17, 15) is 14.0 Å². The molecule has 1 aliphatic carbocycles. The van der Waals surface area contributed by atoms with Gasteiger partial charge in [0, 0.05) is 30.6 Å². The highest BCUT2D eigenvalue weighted by molar-refractivity contribution is 6.16. The van der Waals surface area contributed by atoms with Crippen LogP contribution in [0.25, 0.3) is 11.0 Å². The Labute approximate surface area is 232 Å². The summed E-state index contributed by atoms with van der Waals surface area (Å²) < 4.78 is 49.8. The third-order valence-electron chi connectivity index (χ3n) is 6.37. The summed E-state index contributed by atoms with van der Waals surface area (Å²) in [6.45, 7) is 0.627. The summed E-state index contributed by atoms with van der Waals surface area (Å²) in [6, 6.07) is 10.6. The summed E-state index contributed by atoms with van der Waals surface area (Å²) in [5.41, 5.74) is -0.214. The van der Waals surface area contributed by atoms with Crippen molar-refractivity contribution < 1.29 is 37.3 Å². The Balaban J connectivity index is 1.29. The van der Waals surface area contributed by atoms with Crippen molar-refractivity contribution in [1.82, 2.24) is 15.0 Å². The maximum atomic E-state index is 15.1. The summed E-state index contributed by atoms with van der Waals surface area (Å²) in [5.74, 6) is -2.04. The fraction of sp³-hybridized carbons (Fsp3) is 0.250. The van der Waals surface area contributed by atoms with Crippen molar-refractivity contribution in [2.24, 2.45) is 5.41 Å². The second kappa shape index (κ2) is 11.7. The zero-order valence-corrected chi connectivity index (χ0v) is 22.1. The number of carbonyl (C=O) groups excluding carboxylic acids is 2. The second-order valence-corrected chi connectivity index (χ2v) is 9.13. The number of amides is 2. The summed E-state index contributed by atoms with van der Waals surface area (Å²) in [4.78, 5) is 38.3. The van der Waals surface area contributed by atoms with E-state index < -0.39 is 28.9 Å². The van der Waals surface area contributed by atoms with E-state index in [0.717, 1.165) is 6.07 Å². The highest BCUT2D eigenvalue weighted by Crippen LogP contribution is 2.47. The standard InChI is InChI=1S/C28H25F2N5O6/c1-38-11-12-40-22-14-20-23(35-24(22)39-2)25(32-15-31-20)41-21-8-7-18(13-19(21)30)34-27(37)28(9-10-28)26(36)33-17-5-3-16(29)4-6-17/h3-8,13-15H,9-12H2,1-2H3,(H,33,36)(H,34,37). The van der Waals surface area contributed by atoms with Crippen LogP contribution in [0.5, 0.6) is 23.3 Å². The van der Waals surface area contributed by atoms with Gasteiger partial charge in [0.05, 0.1) is 13.7 Å². The molecule has 2 N–H and O–H groups in total. The van der Waals surface area contributed by atoms with E-state index in [1.54, 1.807) is 13.2 Å². The third-order valence-corrected chi connectivity index (χ3v) is 6.37. The van der Waals surface area contributed by atoms with Crippen molar-refractivity contribution in [1.29, 1.82) is 0 Å². The van der Waals surface area contributed by atoms with Crippen molar-refractivity contribution in [3.63, 3.8) is 0 Å². The van der Waals surface area contributed by atoms with E-state index in [1.807, 2.05) is 0 Å². The normalized spacial score (nSPS) is 13.4. The quantitative estimate of drug-likeness (QED) is 0.199. The largest absolute Gasteiger partial charge is 0.485 e. The Kier molecular flexibility index (Phi) is 7.88. The number of aromatic nitrogens is 3. The number of carbonyl (C=O) groups is 2. The molecule has 11 nitrogen and oxygen atoms in total. The van der Waals surface area contributed by atoms with Crippen molar-refractivity contribution >= 4 is 34.2 Å². The molecule has 1 saturated carbocycles. The molecule has 0 saturated heterocycles. The molecule has 0 unspecified atom stereocenters. The Hall–Kier alpha value is -4.91.